The molecule has 214 valence electrons. The Hall–Kier alpha value is -6.41. The number of benzene rings is 4. The molecule has 8 aromatic rings. The fraction of sp³-hybridized carbons (Fsp3) is 0. The lowest BCUT2D eigenvalue weighted by Gasteiger charge is -2.10. The summed E-state index contributed by atoms with van der Waals surface area (Å²) in [5.74, 6) is 3.22. The van der Waals surface area contributed by atoms with Crippen molar-refractivity contribution in [2.75, 3.05) is 0 Å². The molecule has 0 saturated carbocycles. The van der Waals surface area contributed by atoms with Gasteiger partial charge in [-0.3, -0.25) is 14.5 Å². The molecule has 0 bridgehead atoms. The van der Waals surface area contributed by atoms with Gasteiger partial charge in [-0.05, 0) is 72.8 Å². The number of pyridine rings is 2. The van der Waals surface area contributed by atoms with Crippen LogP contribution in [0.15, 0.2) is 146 Å². The molecule has 8 nitrogen and oxygen atoms in total. The average molecular weight is 585 g/mol. The molecule has 0 unspecified atom stereocenters. The molecule has 4 aromatic heterocycles. The number of nitrogens with zero attached hydrogens (tertiary/aromatic N) is 6. The van der Waals surface area contributed by atoms with Crippen molar-refractivity contribution in [3.05, 3.63) is 146 Å². The van der Waals surface area contributed by atoms with E-state index in [1.54, 1.807) is 24.8 Å². The zero-order valence-corrected chi connectivity index (χ0v) is 23.9. The highest BCUT2D eigenvalue weighted by molar-refractivity contribution is 6.09. The minimum absolute atomic E-state index is 0.445. The molecule has 0 aliphatic rings. The number of aromatic nitrogens is 6. The highest BCUT2D eigenvalue weighted by Gasteiger charge is 2.17. The normalized spacial score (nSPS) is 11.1. The number of fused-ring (bicyclic) bond motifs is 3. The van der Waals surface area contributed by atoms with Gasteiger partial charge in [-0.15, -0.1) is 5.10 Å². The second kappa shape index (κ2) is 11.3. The Bertz CT molecular complexity index is 2130. The van der Waals surface area contributed by atoms with Gasteiger partial charge in [-0.1, -0.05) is 36.4 Å². The van der Waals surface area contributed by atoms with E-state index in [0.29, 0.717) is 28.9 Å². The van der Waals surface area contributed by atoms with Crippen molar-refractivity contribution >= 4 is 21.8 Å². The summed E-state index contributed by atoms with van der Waals surface area (Å²) in [7, 11) is 0. The fourth-order valence-electron chi connectivity index (χ4n) is 5.44. The molecule has 8 rings (SSSR count). The first-order chi connectivity index (χ1) is 22.3. The predicted octanol–water partition coefficient (Wildman–Crippen LogP) is 8.68. The molecule has 45 heavy (non-hydrogen) atoms. The Labute approximate surface area is 258 Å². The van der Waals surface area contributed by atoms with Gasteiger partial charge in [0, 0.05) is 46.4 Å². The fourth-order valence-corrected chi connectivity index (χ4v) is 5.44. The van der Waals surface area contributed by atoms with Crippen LogP contribution in [0.4, 0.5) is 0 Å². The first kappa shape index (κ1) is 26.2. The third-order valence-electron chi connectivity index (χ3n) is 7.44. The van der Waals surface area contributed by atoms with E-state index >= 15 is 0 Å². The van der Waals surface area contributed by atoms with Gasteiger partial charge < -0.3 is 9.47 Å². The molecule has 0 amide bonds. The Morgan fingerprint density at radius 3 is 1.49 bits per heavy atom. The second-order valence-corrected chi connectivity index (χ2v) is 10.3. The Morgan fingerprint density at radius 2 is 1.00 bits per heavy atom. The van der Waals surface area contributed by atoms with Gasteiger partial charge in [-0.2, -0.15) is 5.10 Å². The molecule has 0 fully saturated rings. The van der Waals surface area contributed by atoms with Crippen molar-refractivity contribution in [1.29, 1.82) is 0 Å². The van der Waals surface area contributed by atoms with E-state index in [9.17, 15) is 0 Å². The van der Waals surface area contributed by atoms with E-state index in [4.69, 9.17) is 9.47 Å². The quantitative estimate of drug-likeness (QED) is 0.185. The van der Waals surface area contributed by atoms with Crippen LogP contribution in [0.1, 0.15) is 0 Å². The highest BCUT2D eigenvalue weighted by Crippen LogP contribution is 2.37. The van der Waals surface area contributed by atoms with Gasteiger partial charge in [0.05, 0.1) is 34.8 Å². The lowest BCUT2D eigenvalue weighted by atomic mass is 10.1. The lowest BCUT2D eigenvalue weighted by molar-refractivity contribution is 0.483. The minimum Gasteiger partial charge on any atom is -0.457 e. The Morgan fingerprint density at radius 1 is 0.444 bits per heavy atom. The van der Waals surface area contributed by atoms with E-state index in [2.05, 4.69) is 37.3 Å². The van der Waals surface area contributed by atoms with Crippen LogP contribution in [-0.4, -0.2) is 29.7 Å². The summed E-state index contributed by atoms with van der Waals surface area (Å²) in [6, 6.07) is 39.5. The molecular formula is C37H24N6O2. The summed E-state index contributed by atoms with van der Waals surface area (Å²) in [4.78, 5) is 13.5. The van der Waals surface area contributed by atoms with Gasteiger partial charge in [0.1, 0.15) is 23.0 Å². The van der Waals surface area contributed by atoms with Crippen molar-refractivity contribution in [3.8, 4) is 51.5 Å². The summed E-state index contributed by atoms with van der Waals surface area (Å²) in [6.07, 6.45) is 6.76. The van der Waals surface area contributed by atoms with Gasteiger partial charge in [-0.25, -0.2) is 4.98 Å². The first-order valence-corrected chi connectivity index (χ1v) is 14.4. The SMILES string of the molecule is c1ccc(-c2cccc(Oc3ccc4c5ccc(Oc6cccc(-c7ccccn7)c6)cc5n(-c5nccnn5)c4c3)c2)nc1. The smallest absolute Gasteiger partial charge is 0.254 e. The van der Waals surface area contributed by atoms with Crippen LogP contribution < -0.4 is 9.47 Å². The summed E-state index contributed by atoms with van der Waals surface area (Å²) >= 11 is 0. The largest absolute Gasteiger partial charge is 0.457 e. The maximum Gasteiger partial charge on any atom is 0.254 e. The van der Waals surface area contributed by atoms with Crippen LogP contribution in [0, 0.1) is 0 Å². The van der Waals surface area contributed by atoms with Crippen molar-refractivity contribution in [1.82, 2.24) is 29.7 Å². The molecule has 0 atom stereocenters. The third kappa shape index (κ3) is 5.21. The summed E-state index contributed by atoms with van der Waals surface area (Å²) in [6.45, 7) is 0. The summed E-state index contributed by atoms with van der Waals surface area (Å²) in [5.41, 5.74) is 5.48. The Balaban J connectivity index is 1.19. The minimum atomic E-state index is 0.445. The highest BCUT2D eigenvalue weighted by atomic mass is 16.5. The van der Waals surface area contributed by atoms with Gasteiger partial charge in [0.2, 0.25) is 0 Å². The third-order valence-corrected chi connectivity index (χ3v) is 7.44. The van der Waals surface area contributed by atoms with Gasteiger partial charge >= 0.3 is 0 Å². The van der Waals surface area contributed by atoms with Crippen LogP contribution >= 0.6 is 0 Å². The summed E-state index contributed by atoms with van der Waals surface area (Å²) < 4.78 is 14.7. The number of hydrogen-bond acceptors (Lipinski definition) is 7. The van der Waals surface area contributed by atoms with Gasteiger partial charge in [0.25, 0.3) is 5.95 Å². The molecule has 4 heterocycles. The molecule has 0 spiro atoms. The predicted molar refractivity (Wildman–Crippen MR) is 174 cm³/mol. The zero-order chi connectivity index (χ0) is 30.0. The maximum absolute atomic E-state index is 6.36. The maximum atomic E-state index is 6.36. The monoisotopic (exact) mass is 584 g/mol. The van der Waals surface area contributed by atoms with Crippen molar-refractivity contribution < 1.29 is 9.47 Å². The molecule has 0 aliphatic heterocycles. The molecular weight excluding hydrogens is 560 g/mol. The molecule has 8 heteroatoms. The number of rotatable bonds is 7. The molecule has 0 aliphatic carbocycles. The van der Waals surface area contributed by atoms with E-state index in [1.165, 1.54) is 0 Å². The van der Waals surface area contributed by atoms with Crippen molar-refractivity contribution in [2.24, 2.45) is 0 Å². The molecule has 0 N–H and O–H groups in total. The second-order valence-electron chi connectivity index (χ2n) is 10.3. The molecule has 4 aromatic carbocycles. The van der Waals surface area contributed by atoms with Crippen molar-refractivity contribution in [2.45, 2.75) is 0 Å². The van der Waals surface area contributed by atoms with Crippen molar-refractivity contribution in [3.63, 3.8) is 0 Å². The van der Waals surface area contributed by atoms with Crippen LogP contribution in [0.3, 0.4) is 0 Å². The van der Waals surface area contributed by atoms with Crippen LogP contribution in [0.2, 0.25) is 0 Å². The number of ether oxygens (including phenoxy) is 2. The van der Waals surface area contributed by atoms with Crippen LogP contribution in [-0.2, 0) is 0 Å². The van der Waals surface area contributed by atoms with E-state index in [0.717, 1.165) is 44.3 Å². The number of hydrogen-bond donors (Lipinski definition) is 0. The summed E-state index contributed by atoms with van der Waals surface area (Å²) in [5, 5.41) is 10.5. The lowest BCUT2D eigenvalue weighted by Crippen LogP contribution is -2.01. The van der Waals surface area contributed by atoms with Gasteiger partial charge in [0.15, 0.2) is 0 Å². The Kier molecular flexibility index (Phi) is 6.62. The van der Waals surface area contributed by atoms with E-state index in [1.807, 2.05) is 114 Å². The van der Waals surface area contributed by atoms with E-state index < -0.39 is 0 Å². The van der Waals surface area contributed by atoms with Crippen LogP contribution in [0.25, 0.3) is 50.3 Å². The molecule has 0 saturated heterocycles. The zero-order valence-electron chi connectivity index (χ0n) is 23.9. The molecule has 0 radical (unpaired) electrons. The standard InChI is InChI=1S/C37H24N6O2/c1-3-17-38-33(11-1)25-7-5-9-27(21-25)44-29-13-15-31-32-16-14-30(24-36(32)43(35(31)23-29)37-40-19-20-41-42-37)45-28-10-6-8-26(22-28)34-12-2-4-18-39-34/h1-24H. The first-order valence-electron chi connectivity index (χ1n) is 14.4. The average Bonchev–Trinajstić information content (AvgIpc) is 3.42. The topological polar surface area (TPSA) is 87.8 Å². The van der Waals surface area contributed by atoms with E-state index in [-0.39, 0.29) is 0 Å². The van der Waals surface area contributed by atoms with Crippen LogP contribution in [0.5, 0.6) is 23.0 Å².